The van der Waals surface area contributed by atoms with E-state index in [1.807, 2.05) is 18.4 Å². The Morgan fingerprint density at radius 2 is 2.24 bits per heavy atom. The largest absolute Gasteiger partial charge is 0.402 e. The van der Waals surface area contributed by atoms with Crippen LogP contribution < -0.4 is 4.90 Å². The average molecular weight is 331 g/mol. The first-order valence-corrected chi connectivity index (χ1v) is 8.30. The lowest BCUT2D eigenvalue weighted by molar-refractivity contribution is -0.117. The van der Waals surface area contributed by atoms with Gasteiger partial charge in [0.05, 0.1) is 11.4 Å². The molecule has 0 aliphatic carbocycles. The van der Waals surface area contributed by atoms with Crippen molar-refractivity contribution in [3.05, 3.63) is 17.0 Å². The monoisotopic (exact) mass is 331 g/mol. The van der Waals surface area contributed by atoms with Gasteiger partial charge in [0.2, 0.25) is 5.91 Å². The Morgan fingerprint density at radius 1 is 1.48 bits per heavy atom. The lowest BCUT2D eigenvalue weighted by atomic mass is 10.3. The minimum Gasteiger partial charge on any atom is -0.402 e. The van der Waals surface area contributed by atoms with E-state index in [4.69, 9.17) is 4.42 Å². The molecule has 7 nitrogen and oxygen atoms in total. The van der Waals surface area contributed by atoms with E-state index >= 15 is 0 Å². The minimum atomic E-state index is -4.77. The third kappa shape index (κ3) is 2.56. The number of nitrogens with zero attached hydrogens (tertiary/aromatic N) is 3. The lowest BCUT2D eigenvalue weighted by Crippen LogP contribution is -2.27. The third-order valence-corrected chi connectivity index (χ3v) is 5.31. The molecule has 1 saturated heterocycles. The van der Waals surface area contributed by atoms with Gasteiger partial charge >= 0.3 is 16.2 Å². The highest BCUT2D eigenvalue weighted by Crippen LogP contribution is 2.31. The van der Waals surface area contributed by atoms with Crippen LogP contribution in [0.15, 0.2) is 15.9 Å². The van der Waals surface area contributed by atoms with Crippen LogP contribution >= 0.6 is 11.3 Å². The molecule has 0 saturated carbocycles. The molecule has 1 fully saturated rings. The van der Waals surface area contributed by atoms with Gasteiger partial charge in [-0.1, -0.05) is 5.10 Å². The Kier molecular flexibility index (Phi) is 3.29. The van der Waals surface area contributed by atoms with Gasteiger partial charge in [0.1, 0.15) is 5.25 Å². The summed E-state index contributed by atoms with van der Waals surface area (Å²) >= 11 is 1.41. The molecule has 1 aliphatic heterocycles. The van der Waals surface area contributed by atoms with Gasteiger partial charge in [-0.15, -0.1) is 20.3 Å². The second-order valence-electron chi connectivity index (χ2n) is 4.63. The lowest BCUT2D eigenvalue weighted by Gasteiger charge is -2.09. The Labute approximate surface area is 123 Å². The molecule has 1 aliphatic rings. The predicted octanol–water partition coefficient (Wildman–Crippen LogP) is 1.51. The van der Waals surface area contributed by atoms with Gasteiger partial charge in [-0.05, 0) is 23.9 Å². The number of anilines is 1. The molecule has 3 rings (SSSR count). The Bertz CT molecular complexity index is 798. The highest BCUT2D eigenvalue weighted by molar-refractivity contribution is 7.87. The van der Waals surface area contributed by atoms with Crippen LogP contribution in [0.1, 0.15) is 12.0 Å². The summed E-state index contributed by atoms with van der Waals surface area (Å²) in [6.45, 7) is 1.56. The first kappa shape index (κ1) is 14.1. The van der Waals surface area contributed by atoms with Crippen molar-refractivity contribution in [3.8, 4) is 10.8 Å². The first-order chi connectivity index (χ1) is 9.86. The van der Waals surface area contributed by atoms with Crippen LogP contribution in [-0.2, 0) is 15.0 Å². The molecule has 1 unspecified atom stereocenters. The van der Waals surface area contributed by atoms with E-state index in [2.05, 4.69) is 10.2 Å². The van der Waals surface area contributed by atoms with E-state index in [1.165, 1.54) is 11.3 Å². The van der Waals surface area contributed by atoms with Crippen molar-refractivity contribution in [2.75, 3.05) is 11.4 Å². The normalized spacial score (nSPS) is 19.4. The van der Waals surface area contributed by atoms with Crippen LogP contribution in [0.3, 0.4) is 0 Å². The van der Waals surface area contributed by atoms with Gasteiger partial charge in [0, 0.05) is 6.42 Å². The first-order valence-electron chi connectivity index (χ1n) is 5.98. The molecule has 112 valence electrons. The fourth-order valence-electron chi connectivity index (χ4n) is 2.06. The maximum Gasteiger partial charge on any atom is 0.325 e. The molecule has 0 N–H and O–H groups in total. The fraction of sp³-hybridized carbons (Fsp3) is 0.364. The van der Waals surface area contributed by atoms with Crippen LogP contribution in [0.25, 0.3) is 10.8 Å². The van der Waals surface area contributed by atoms with Crippen LogP contribution in [0.2, 0.25) is 0 Å². The van der Waals surface area contributed by atoms with Crippen molar-refractivity contribution in [2.24, 2.45) is 0 Å². The van der Waals surface area contributed by atoms with E-state index in [1.54, 1.807) is 0 Å². The number of carbonyl (C=O) groups excluding carboxylic acids is 1. The Hall–Kier alpha value is -1.81. The molecule has 1 amide bonds. The minimum absolute atomic E-state index is 0.117. The highest BCUT2D eigenvalue weighted by Gasteiger charge is 2.41. The van der Waals surface area contributed by atoms with Crippen molar-refractivity contribution in [1.29, 1.82) is 0 Å². The summed E-state index contributed by atoms with van der Waals surface area (Å²) in [6, 6.07) is 1.77. The number of hydrogen-bond acceptors (Lipinski definition) is 7. The summed E-state index contributed by atoms with van der Waals surface area (Å²) < 4.78 is 40.1. The smallest absolute Gasteiger partial charge is 0.325 e. The molecule has 21 heavy (non-hydrogen) atoms. The molecular formula is C11H10FN3O4S2. The van der Waals surface area contributed by atoms with Crippen molar-refractivity contribution >= 4 is 33.5 Å². The molecule has 0 radical (unpaired) electrons. The SMILES string of the molecule is Cc1ccsc1-c1nnc(N2CC(S(=O)(=O)F)CC2=O)o1. The van der Waals surface area contributed by atoms with Crippen LogP contribution in [0, 0.1) is 6.92 Å². The van der Waals surface area contributed by atoms with Gasteiger partial charge in [0.15, 0.2) is 0 Å². The number of halogens is 1. The number of aryl methyl sites for hydroxylation is 1. The summed E-state index contributed by atoms with van der Waals surface area (Å²) in [4.78, 5) is 13.5. The van der Waals surface area contributed by atoms with Gasteiger partial charge in [-0.25, -0.2) is 0 Å². The number of hydrogen-bond donors (Lipinski definition) is 0. The summed E-state index contributed by atoms with van der Waals surface area (Å²) in [6.07, 6.45) is -0.422. The number of thiophene rings is 1. The summed E-state index contributed by atoms with van der Waals surface area (Å²) in [5.74, 6) is -0.309. The summed E-state index contributed by atoms with van der Waals surface area (Å²) in [7, 11) is -4.77. The number of rotatable bonds is 3. The van der Waals surface area contributed by atoms with E-state index in [0.717, 1.165) is 15.3 Å². The van der Waals surface area contributed by atoms with Crippen molar-refractivity contribution < 1.29 is 21.5 Å². The highest BCUT2D eigenvalue weighted by atomic mass is 32.3. The molecule has 0 spiro atoms. The maximum atomic E-state index is 13.0. The zero-order valence-corrected chi connectivity index (χ0v) is 12.4. The molecular weight excluding hydrogens is 321 g/mol. The molecule has 2 aromatic heterocycles. The van der Waals surface area contributed by atoms with Crippen LogP contribution in [-0.4, -0.2) is 36.3 Å². The molecule has 1 atom stereocenters. The quantitative estimate of drug-likeness (QED) is 0.792. The number of aromatic nitrogens is 2. The summed E-state index contributed by atoms with van der Waals surface area (Å²) in [5.41, 5.74) is 0.951. The molecule has 10 heteroatoms. The predicted molar refractivity (Wildman–Crippen MR) is 73.1 cm³/mol. The second-order valence-corrected chi connectivity index (χ2v) is 7.16. The zero-order chi connectivity index (χ0) is 15.2. The zero-order valence-electron chi connectivity index (χ0n) is 10.8. The van der Waals surface area contributed by atoms with E-state index in [-0.39, 0.29) is 18.5 Å². The van der Waals surface area contributed by atoms with Crippen LogP contribution in [0.5, 0.6) is 0 Å². The van der Waals surface area contributed by atoms with Crippen molar-refractivity contribution in [2.45, 2.75) is 18.6 Å². The maximum absolute atomic E-state index is 13.0. The van der Waals surface area contributed by atoms with Crippen molar-refractivity contribution in [1.82, 2.24) is 10.2 Å². The van der Waals surface area contributed by atoms with Gasteiger partial charge in [0.25, 0.3) is 5.89 Å². The average Bonchev–Trinajstić information content (AvgIpc) is 3.06. The van der Waals surface area contributed by atoms with Crippen LogP contribution in [0.4, 0.5) is 9.90 Å². The van der Waals surface area contributed by atoms with Crippen molar-refractivity contribution in [3.63, 3.8) is 0 Å². The Balaban J connectivity index is 1.88. The van der Waals surface area contributed by atoms with Gasteiger partial charge in [-0.3, -0.25) is 9.69 Å². The molecule has 0 aromatic carbocycles. The summed E-state index contributed by atoms with van der Waals surface area (Å²) in [5, 5.41) is 8.06. The standard InChI is InChI=1S/C11H10FN3O4S2/c1-6-2-3-20-9(6)10-13-14-11(19-10)15-5-7(4-8(15)16)21(12,17)18/h2-3,7H,4-5H2,1H3. The fourth-order valence-corrected chi connectivity index (χ4v) is 3.57. The molecule has 0 bridgehead atoms. The topological polar surface area (TPSA) is 93.4 Å². The Morgan fingerprint density at radius 3 is 2.81 bits per heavy atom. The van der Waals surface area contributed by atoms with Gasteiger partial charge < -0.3 is 4.42 Å². The van der Waals surface area contributed by atoms with E-state index in [0.29, 0.717) is 0 Å². The molecule has 3 heterocycles. The number of carbonyl (C=O) groups is 1. The number of amides is 1. The van der Waals surface area contributed by atoms with E-state index in [9.17, 15) is 17.1 Å². The molecule has 2 aromatic rings. The third-order valence-electron chi connectivity index (χ3n) is 3.19. The van der Waals surface area contributed by atoms with E-state index < -0.39 is 27.8 Å². The second kappa shape index (κ2) is 4.88. The van der Waals surface area contributed by atoms with Gasteiger partial charge in [-0.2, -0.15) is 8.42 Å².